The summed E-state index contributed by atoms with van der Waals surface area (Å²) in [6.07, 6.45) is 0.712. The number of rotatable bonds is 3. The highest BCUT2D eigenvalue weighted by atomic mass is 35.5. The third-order valence-corrected chi connectivity index (χ3v) is 1.40. The summed E-state index contributed by atoms with van der Waals surface area (Å²) < 4.78 is 0. The van der Waals surface area contributed by atoms with Crippen molar-refractivity contribution in [2.45, 2.75) is 13.3 Å². The third kappa shape index (κ3) is 4.10. The Morgan fingerprint density at radius 3 is 2.43 bits per heavy atom. The highest BCUT2D eigenvalue weighted by Crippen LogP contribution is 2.01. The zero-order valence-electron chi connectivity index (χ0n) is 4.48. The van der Waals surface area contributed by atoms with E-state index in [1.165, 1.54) is 0 Å². The Hall–Kier alpha value is 0.250. The van der Waals surface area contributed by atoms with Crippen molar-refractivity contribution in [3.05, 3.63) is 0 Å². The summed E-state index contributed by atoms with van der Waals surface area (Å²) in [6, 6.07) is 0. The van der Waals surface area contributed by atoms with Gasteiger partial charge in [0.1, 0.15) is 0 Å². The minimum atomic E-state index is 0.00782. The van der Waals surface area contributed by atoms with Crippen LogP contribution >= 0.6 is 11.6 Å². The molecule has 0 spiro atoms. The van der Waals surface area contributed by atoms with Crippen molar-refractivity contribution in [2.75, 3.05) is 12.5 Å². The Bertz CT molecular complexity index is 39.1. The predicted molar refractivity (Wildman–Crippen MR) is 30.1 cm³/mol. The van der Waals surface area contributed by atoms with E-state index in [2.05, 4.69) is 0 Å². The lowest BCUT2D eigenvalue weighted by Crippen LogP contribution is -1.97. The van der Waals surface area contributed by atoms with E-state index in [4.69, 9.17) is 11.6 Å². The molecule has 0 aliphatic rings. The maximum absolute atomic E-state index is 9.84. The fourth-order valence-corrected chi connectivity index (χ4v) is 0.433. The SMILES string of the molecule is CC(CCl)CC[O]. The molecule has 0 bridgehead atoms. The van der Waals surface area contributed by atoms with Crippen LogP contribution in [-0.2, 0) is 5.11 Å². The quantitative estimate of drug-likeness (QED) is 0.507. The van der Waals surface area contributed by atoms with Gasteiger partial charge < -0.3 is 0 Å². The van der Waals surface area contributed by atoms with Gasteiger partial charge in [-0.3, -0.25) is 0 Å². The summed E-state index contributed by atoms with van der Waals surface area (Å²) in [5.74, 6) is 1.02. The van der Waals surface area contributed by atoms with E-state index < -0.39 is 0 Å². The highest BCUT2D eigenvalue weighted by molar-refractivity contribution is 6.18. The first-order chi connectivity index (χ1) is 3.31. The van der Waals surface area contributed by atoms with Crippen LogP contribution in [0.1, 0.15) is 13.3 Å². The van der Waals surface area contributed by atoms with Crippen molar-refractivity contribution in [2.24, 2.45) is 5.92 Å². The third-order valence-electron chi connectivity index (χ3n) is 0.874. The zero-order valence-corrected chi connectivity index (χ0v) is 5.24. The zero-order chi connectivity index (χ0) is 5.70. The molecule has 0 aliphatic carbocycles. The van der Waals surface area contributed by atoms with Crippen LogP contribution in [0.5, 0.6) is 0 Å². The molecule has 0 rings (SSSR count). The number of halogens is 1. The fraction of sp³-hybridized carbons (Fsp3) is 1.00. The van der Waals surface area contributed by atoms with Gasteiger partial charge in [0.25, 0.3) is 0 Å². The van der Waals surface area contributed by atoms with E-state index in [9.17, 15) is 5.11 Å². The summed E-state index contributed by atoms with van der Waals surface area (Å²) in [4.78, 5) is 0. The Labute approximate surface area is 49.3 Å². The van der Waals surface area contributed by atoms with E-state index >= 15 is 0 Å². The van der Waals surface area contributed by atoms with E-state index in [0.29, 0.717) is 18.2 Å². The Kier molecular flexibility index (Phi) is 4.57. The maximum atomic E-state index is 9.84. The monoisotopic (exact) mass is 121 g/mol. The molecule has 1 nitrogen and oxygen atoms in total. The topological polar surface area (TPSA) is 19.9 Å². The van der Waals surface area contributed by atoms with Gasteiger partial charge in [-0.1, -0.05) is 6.92 Å². The lowest BCUT2D eigenvalue weighted by molar-refractivity contribution is 0.177. The molecule has 0 saturated heterocycles. The smallest absolute Gasteiger partial charge is 0.0825 e. The van der Waals surface area contributed by atoms with Gasteiger partial charge in [0, 0.05) is 5.88 Å². The van der Waals surface area contributed by atoms with Crippen LogP contribution in [-0.4, -0.2) is 12.5 Å². The molecule has 0 aliphatic heterocycles. The van der Waals surface area contributed by atoms with Crippen LogP contribution in [0.15, 0.2) is 0 Å². The van der Waals surface area contributed by atoms with Crippen LogP contribution in [0.3, 0.4) is 0 Å². The minimum absolute atomic E-state index is 0.00782. The lowest BCUT2D eigenvalue weighted by Gasteiger charge is -1.99. The van der Waals surface area contributed by atoms with Gasteiger partial charge in [0.2, 0.25) is 0 Å². The van der Waals surface area contributed by atoms with Gasteiger partial charge >= 0.3 is 0 Å². The van der Waals surface area contributed by atoms with Crippen molar-refractivity contribution in [1.82, 2.24) is 0 Å². The number of hydrogen-bond acceptors (Lipinski definition) is 0. The first kappa shape index (κ1) is 7.25. The fourth-order valence-electron chi connectivity index (χ4n) is 0.278. The second kappa shape index (κ2) is 4.41. The lowest BCUT2D eigenvalue weighted by atomic mass is 10.1. The highest BCUT2D eigenvalue weighted by Gasteiger charge is 1.95. The Morgan fingerprint density at radius 1 is 1.71 bits per heavy atom. The van der Waals surface area contributed by atoms with E-state index in [1.807, 2.05) is 6.92 Å². The van der Waals surface area contributed by atoms with Crippen molar-refractivity contribution in [3.63, 3.8) is 0 Å². The van der Waals surface area contributed by atoms with Gasteiger partial charge in [0.05, 0.1) is 6.61 Å². The predicted octanol–water partition coefficient (Wildman–Crippen LogP) is 1.68. The summed E-state index contributed by atoms with van der Waals surface area (Å²) >= 11 is 5.39. The summed E-state index contributed by atoms with van der Waals surface area (Å²) in [5, 5.41) is 9.84. The second-order valence-corrected chi connectivity index (χ2v) is 2.06. The molecule has 0 fully saturated rings. The van der Waals surface area contributed by atoms with Gasteiger partial charge in [0.15, 0.2) is 0 Å². The van der Waals surface area contributed by atoms with Gasteiger partial charge in [-0.05, 0) is 12.3 Å². The van der Waals surface area contributed by atoms with Crippen molar-refractivity contribution in [3.8, 4) is 0 Å². The largest absolute Gasteiger partial charge is 0.237 e. The molecule has 7 heavy (non-hydrogen) atoms. The maximum Gasteiger partial charge on any atom is 0.0825 e. The summed E-state index contributed by atoms with van der Waals surface area (Å²) in [6.45, 7) is 1.98. The molecule has 0 heterocycles. The molecule has 1 radical (unpaired) electrons. The molecule has 1 unspecified atom stereocenters. The van der Waals surface area contributed by atoms with Gasteiger partial charge in [-0.15, -0.1) is 11.6 Å². The average molecular weight is 122 g/mol. The van der Waals surface area contributed by atoms with Crippen molar-refractivity contribution >= 4 is 11.6 Å². The molecule has 0 saturated carbocycles. The normalized spacial score (nSPS) is 14.1. The summed E-state index contributed by atoms with van der Waals surface area (Å²) in [5.41, 5.74) is 0. The van der Waals surface area contributed by atoms with E-state index in [0.717, 1.165) is 0 Å². The second-order valence-electron chi connectivity index (χ2n) is 1.75. The molecular formula is C5H10ClO. The van der Waals surface area contributed by atoms with Crippen LogP contribution in [0.4, 0.5) is 0 Å². The molecule has 0 amide bonds. The molecule has 43 valence electrons. The first-order valence-corrected chi connectivity index (χ1v) is 2.98. The van der Waals surface area contributed by atoms with Crippen molar-refractivity contribution in [1.29, 1.82) is 0 Å². The standard InChI is InChI=1S/C5H10ClO/c1-5(4-6)2-3-7/h5H,2-4H2,1H3. The van der Waals surface area contributed by atoms with Crippen LogP contribution in [0.2, 0.25) is 0 Å². The minimum Gasteiger partial charge on any atom is -0.237 e. The molecule has 2 heteroatoms. The Balaban J connectivity index is 2.83. The van der Waals surface area contributed by atoms with E-state index in [-0.39, 0.29) is 6.61 Å². The van der Waals surface area contributed by atoms with Crippen LogP contribution in [0, 0.1) is 5.92 Å². The van der Waals surface area contributed by atoms with Crippen molar-refractivity contribution < 1.29 is 5.11 Å². The molecule has 1 atom stereocenters. The summed E-state index contributed by atoms with van der Waals surface area (Å²) in [7, 11) is 0. The molecular weight excluding hydrogens is 112 g/mol. The average Bonchev–Trinajstić information content (AvgIpc) is 1.68. The molecule has 0 N–H and O–H groups in total. The molecule has 0 aromatic carbocycles. The van der Waals surface area contributed by atoms with Gasteiger partial charge in [-0.2, -0.15) is 0 Å². The van der Waals surface area contributed by atoms with Gasteiger partial charge in [-0.25, -0.2) is 5.11 Å². The van der Waals surface area contributed by atoms with Crippen LogP contribution < -0.4 is 0 Å². The van der Waals surface area contributed by atoms with Crippen LogP contribution in [0.25, 0.3) is 0 Å². The molecule has 0 aromatic heterocycles. The number of alkyl halides is 1. The molecule has 0 aromatic rings. The first-order valence-electron chi connectivity index (χ1n) is 2.45. The van der Waals surface area contributed by atoms with E-state index in [1.54, 1.807) is 0 Å². The number of hydrogen-bond donors (Lipinski definition) is 0. The Morgan fingerprint density at radius 2 is 2.29 bits per heavy atom.